The van der Waals surface area contributed by atoms with Crippen LogP contribution in [0.3, 0.4) is 0 Å². The van der Waals surface area contributed by atoms with E-state index >= 15 is 0 Å². The van der Waals surface area contributed by atoms with Gasteiger partial charge in [0.2, 0.25) is 0 Å². The molecule has 1 aromatic carbocycles. The minimum Gasteiger partial charge on any atom is -0.316 e. The third-order valence-electron chi connectivity index (χ3n) is 3.57. The lowest BCUT2D eigenvalue weighted by molar-refractivity contribution is 0.259. The summed E-state index contributed by atoms with van der Waals surface area (Å²) in [5, 5.41) is 3.58. The summed E-state index contributed by atoms with van der Waals surface area (Å²) in [6, 6.07) is 10.9. The average molecular weight is 248 g/mol. The Balaban J connectivity index is 2.79. The maximum Gasteiger partial charge on any atom is 0.0176 e. The van der Waals surface area contributed by atoms with Crippen LogP contribution in [0.1, 0.15) is 32.8 Å². The van der Waals surface area contributed by atoms with Gasteiger partial charge in [0, 0.05) is 18.5 Å². The number of benzene rings is 1. The zero-order chi connectivity index (χ0) is 13.4. The maximum absolute atomic E-state index is 3.58. The lowest BCUT2D eigenvalue weighted by Gasteiger charge is -2.34. The predicted octanol–water partition coefficient (Wildman–Crippen LogP) is 2.90. The molecule has 0 radical (unpaired) electrons. The zero-order valence-electron chi connectivity index (χ0n) is 12.4. The molecule has 0 bridgehead atoms. The zero-order valence-corrected chi connectivity index (χ0v) is 12.4. The van der Waals surface area contributed by atoms with Gasteiger partial charge in [0.05, 0.1) is 0 Å². The van der Waals surface area contributed by atoms with E-state index in [4.69, 9.17) is 0 Å². The number of nitrogens with one attached hydrogen (secondary N) is 1. The first-order valence-corrected chi connectivity index (χ1v) is 7.07. The molecule has 0 aromatic heterocycles. The van der Waals surface area contributed by atoms with Crippen LogP contribution in [-0.4, -0.2) is 38.1 Å². The lowest BCUT2D eigenvalue weighted by atomic mass is 9.81. The quantitative estimate of drug-likeness (QED) is 0.712. The molecule has 0 fully saturated rings. The normalized spacial score (nSPS) is 14.7. The lowest BCUT2D eigenvalue weighted by Crippen LogP contribution is -2.44. The van der Waals surface area contributed by atoms with Gasteiger partial charge in [0.15, 0.2) is 0 Å². The smallest absolute Gasteiger partial charge is 0.0176 e. The molecular formula is C16H28N2. The van der Waals surface area contributed by atoms with Gasteiger partial charge in [-0.1, -0.05) is 51.1 Å². The standard InChI is InChI=1S/C16H28N2/c1-5-12-17-13-16(3,14-18(4)6-2)15-10-8-7-9-11-15/h7-11,17H,5-6,12-14H2,1-4H3. The van der Waals surface area contributed by atoms with E-state index in [2.05, 4.69) is 68.4 Å². The second-order valence-corrected chi connectivity index (χ2v) is 5.43. The highest BCUT2D eigenvalue weighted by Gasteiger charge is 2.27. The van der Waals surface area contributed by atoms with Gasteiger partial charge in [-0.3, -0.25) is 0 Å². The summed E-state index contributed by atoms with van der Waals surface area (Å²) in [5.74, 6) is 0. The van der Waals surface area contributed by atoms with Crippen molar-refractivity contribution in [3.05, 3.63) is 35.9 Å². The summed E-state index contributed by atoms with van der Waals surface area (Å²) in [5.41, 5.74) is 1.61. The van der Waals surface area contributed by atoms with Crippen molar-refractivity contribution < 1.29 is 0 Å². The third kappa shape index (κ3) is 4.43. The highest BCUT2D eigenvalue weighted by atomic mass is 15.1. The Morgan fingerprint density at radius 1 is 1.17 bits per heavy atom. The van der Waals surface area contributed by atoms with E-state index in [1.165, 1.54) is 12.0 Å². The molecule has 1 rings (SSSR count). The molecule has 18 heavy (non-hydrogen) atoms. The van der Waals surface area contributed by atoms with Crippen LogP contribution in [0.5, 0.6) is 0 Å². The number of likely N-dealkylation sites (N-methyl/N-ethyl adjacent to an activating group) is 1. The van der Waals surface area contributed by atoms with E-state index in [0.717, 1.165) is 26.2 Å². The Kier molecular flexibility index (Phi) is 6.37. The van der Waals surface area contributed by atoms with Crippen molar-refractivity contribution in [2.45, 2.75) is 32.6 Å². The van der Waals surface area contributed by atoms with E-state index in [1.807, 2.05) is 0 Å². The van der Waals surface area contributed by atoms with Gasteiger partial charge in [0.25, 0.3) is 0 Å². The van der Waals surface area contributed by atoms with Crippen LogP contribution in [0.2, 0.25) is 0 Å². The van der Waals surface area contributed by atoms with Crippen molar-refractivity contribution in [3.63, 3.8) is 0 Å². The summed E-state index contributed by atoms with van der Waals surface area (Å²) >= 11 is 0. The SMILES string of the molecule is CCCNCC(C)(CN(C)CC)c1ccccc1. The highest BCUT2D eigenvalue weighted by Crippen LogP contribution is 2.24. The van der Waals surface area contributed by atoms with E-state index in [-0.39, 0.29) is 5.41 Å². The molecule has 102 valence electrons. The molecule has 1 atom stereocenters. The van der Waals surface area contributed by atoms with Gasteiger partial charge in [0.1, 0.15) is 0 Å². The van der Waals surface area contributed by atoms with Crippen molar-refractivity contribution in [2.24, 2.45) is 0 Å². The van der Waals surface area contributed by atoms with Crippen molar-refractivity contribution in [1.82, 2.24) is 10.2 Å². The molecule has 0 aliphatic heterocycles. The summed E-state index contributed by atoms with van der Waals surface area (Å²) in [6.07, 6.45) is 1.19. The minimum absolute atomic E-state index is 0.182. The third-order valence-corrected chi connectivity index (χ3v) is 3.57. The van der Waals surface area contributed by atoms with Crippen molar-refractivity contribution in [3.8, 4) is 0 Å². The number of nitrogens with zero attached hydrogens (tertiary/aromatic N) is 1. The van der Waals surface area contributed by atoms with E-state index in [9.17, 15) is 0 Å². The van der Waals surface area contributed by atoms with Gasteiger partial charge in [-0.15, -0.1) is 0 Å². The molecule has 0 saturated carbocycles. The molecule has 2 nitrogen and oxygen atoms in total. The molecule has 0 aliphatic carbocycles. The fourth-order valence-corrected chi connectivity index (χ4v) is 2.34. The Morgan fingerprint density at radius 3 is 2.39 bits per heavy atom. The molecule has 1 N–H and O–H groups in total. The van der Waals surface area contributed by atoms with E-state index in [0.29, 0.717) is 0 Å². The van der Waals surface area contributed by atoms with Crippen molar-refractivity contribution in [1.29, 1.82) is 0 Å². The molecule has 0 amide bonds. The highest BCUT2D eigenvalue weighted by molar-refractivity contribution is 5.25. The summed E-state index contributed by atoms with van der Waals surface area (Å²) in [4.78, 5) is 2.39. The second-order valence-electron chi connectivity index (χ2n) is 5.43. The van der Waals surface area contributed by atoms with Gasteiger partial charge in [-0.05, 0) is 32.1 Å². The summed E-state index contributed by atoms with van der Waals surface area (Å²) in [6.45, 7) is 11.1. The number of rotatable bonds is 8. The van der Waals surface area contributed by atoms with Crippen LogP contribution in [0, 0.1) is 0 Å². The van der Waals surface area contributed by atoms with Crippen molar-refractivity contribution >= 4 is 0 Å². The molecular weight excluding hydrogens is 220 g/mol. The molecule has 0 heterocycles. The van der Waals surface area contributed by atoms with Gasteiger partial charge in [-0.2, -0.15) is 0 Å². The molecule has 0 spiro atoms. The van der Waals surface area contributed by atoms with E-state index < -0.39 is 0 Å². The first kappa shape index (κ1) is 15.2. The molecule has 0 aliphatic rings. The van der Waals surface area contributed by atoms with Crippen LogP contribution in [0.15, 0.2) is 30.3 Å². The average Bonchev–Trinajstić information content (AvgIpc) is 2.40. The summed E-state index contributed by atoms with van der Waals surface area (Å²) < 4.78 is 0. The van der Waals surface area contributed by atoms with Crippen molar-refractivity contribution in [2.75, 3.05) is 33.2 Å². The molecule has 1 aromatic rings. The number of hydrogen-bond acceptors (Lipinski definition) is 2. The molecule has 0 saturated heterocycles. The Bertz CT molecular complexity index is 323. The fourth-order valence-electron chi connectivity index (χ4n) is 2.34. The molecule has 1 unspecified atom stereocenters. The van der Waals surface area contributed by atoms with Crippen LogP contribution in [0.4, 0.5) is 0 Å². The first-order valence-electron chi connectivity index (χ1n) is 7.07. The van der Waals surface area contributed by atoms with Gasteiger partial charge < -0.3 is 10.2 Å². The largest absolute Gasteiger partial charge is 0.316 e. The Hall–Kier alpha value is -0.860. The van der Waals surface area contributed by atoms with Crippen LogP contribution in [0.25, 0.3) is 0 Å². The minimum atomic E-state index is 0.182. The molecule has 2 heteroatoms. The Morgan fingerprint density at radius 2 is 1.83 bits per heavy atom. The van der Waals surface area contributed by atoms with E-state index in [1.54, 1.807) is 0 Å². The second kappa shape index (κ2) is 7.55. The van der Waals surface area contributed by atoms with Crippen LogP contribution >= 0.6 is 0 Å². The monoisotopic (exact) mass is 248 g/mol. The van der Waals surface area contributed by atoms with Gasteiger partial charge in [-0.25, -0.2) is 0 Å². The fraction of sp³-hybridized carbons (Fsp3) is 0.625. The predicted molar refractivity (Wildman–Crippen MR) is 80.1 cm³/mol. The number of hydrogen-bond donors (Lipinski definition) is 1. The topological polar surface area (TPSA) is 15.3 Å². The summed E-state index contributed by atoms with van der Waals surface area (Å²) in [7, 11) is 2.20. The maximum atomic E-state index is 3.58. The van der Waals surface area contributed by atoms with Crippen LogP contribution in [-0.2, 0) is 5.41 Å². The first-order chi connectivity index (χ1) is 8.62. The van der Waals surface area contributed by atoms with Crippen LogP contribution < -0.4 is 5.32 Å². The van der Waals surface area contributed by atoms with Gasteiger partial charge >= 0.3 is 0 Å². The Labute approximate surface area is 112 Å².